The van der Waals surface area contributed by atoms with E-state index in [1.165, 1.54) is 12.5 Å². The third-order valence-corrected chi connectivity index (χ3v) is 7.25. The van der Waals surface area contributed by atoms with Gasteiger partial charge < -0.3 is 15.6 Å². The van der Waals surface area contributed by atoms with E-state index < -0.39 is 38.7 Å². The van der Waals surface area contributed by atoms with Gasteiger partial charge in [-0.25, -0.2) is 27.2 Å². The monoisotopic (exact) mass is 526 g/mol. The lowest BCUT2D eigenvalue weighted by Gasteiger charge is -2.12. The lowest BCUT2D eigenvalue weighted by molar-refractivity contribution is -0.115. The molecule has 0 atom stereocenters. The fourth-order valence-corrected chi connectivity index (χ4v) is 5.26. The lowest BCUT2D eigenvalue weighted by Crippen LogP contribution is -2.18. The number of amides is 1. The topological polar surface area (TPSA) is 146 Å². The second-order valence-corrected chi connectivity index (χ2v) is 10.2. The van der Waals surface area contributed by atoms with E-state index in [0.717, 1.165) is 17.7 Å². The van der Waals surface area contributed by atoms with Crippen LogP contribution in [0.2, 0.25) is 0 Å². The summed E-state index contributed by atoms with van der Waals surface area (Å²) in [6.45, 7) is 1.64. The molecule has 0 bridgehead atoms. The number of carbonyl (C=O) groups excluding carboxylic acids is 2. The van der Waals surface area contributed by atoms with Crippen molar-refractivity contribution < 1.29 is 26.8 Å². The van der Waals surface area contributed by atoms with Gasteiger partial charge in [0.1, 0.15) is 23.6 Å². The highest BCUT2D eigenvalue weighted by molar-refractivity contribution is 7.92. The first-order valence-corrected chi connectivity index (χ1v) is 12.9. The van der Waals surface area contributed by atoms with E-state index in [-0.39, 0.29) is 46.9 Å². The summed E-state index contributed by atoms with van der Waals surface area (Å²) >= 11 is 0. The van der Waals surface area contributed by atoms with Crippen molar-refractivity contribution in [2.24, 2.45) is 0 Å². The standard InChI is InChI=1S/C24H20F2N6O4S/c1-2-7-37(35,36)32-16-6-5-15(25)20(21(16)26)22(34)14-10-27-23-19(14)24(29-11-28-23)30-13-4-3-12-8-18(33)31-17(12)9-13/h3-6,9-11,32H,2,7-8H2,1H3,(H,31,33)(H2,27,28,29,30). The second-order valence-electron chi connectivity index (χ2n) is 8.40. The Hall–Kier alpha value is -4.39. The molecule has 3 heterocycles. The number of rotatable bonds is 8. The number of aromatic amines is 1. The molecule has 1 aliphatic rings. The Balaban J connectivity index is 1.54. The predicted octanol–water partition coefficient (Wildman–Crippen LogP) is 3.86. The van der Waals surface area contributed by atoms with E-state index in [9.17, 15) is 22.4 Å². The molecule has 0 radical (unpaired) electrons. The number of sulfonamides is 1. The van der Waals surface area contributed by atoms with E-state index in [1.807, 2.05) is 0 Å². The number of anilines is 4. The molecule has 2 aromatic heterocycles. The summed E-state index contributed by atoms with van der Waals surface area (Å²) in [5.74, 6) is -3.74. The van der Waals surface area contributed by atoms with E-state index in [4.69, 9.17) is 0 Å². The van der Waals surface area contributed by atoms with Crippen LogP contribution >= 0.6 is 0 Å². The zero-order valence-electron chi connectivity index (χ0n) is 19.4. The minimum absolute atomic E-state index is 0.126. The van der Waals surface area contributed by atoms with Crippen LogP contribution in [0.5, 0.6) is 0 Å². The number of benzene rings is 2. The quantitative estimate of drug-likeness (QED) is 0.255. The molecule has 10 nitrogen and oxygen atoms in total. The number of hydrogen-bond acceptors (Lipinski definition) is 7. The van der Waals surface area contributed by atoms with Crippen LogP contribution in [0.3, 0.4) is 0 Å². The minimum Gasteiger partial charge on any atom is -0.345 e. The van der Waals surface area contributed by atoms with Crippen LogP contribution in [-0.2, 0) is 21.2 Å². The summed E-state index contributed by atoms with van der Waals surface area (Å²) in [5, 5.41) is 5.97. The van der Waals surface area contributed by atoms with Gasteiger partial charge in [-0.15, -0.1) is 0 Å². The Morgan fingerprint density at radius 2 is 1.97 bits per heavy atom. The summed E-state index contributed by atoms with van der Waals surface area (Å²) in [6.07, 6.45) is 3.05. The number of hydrogen-bond donors (Lipinski definition) is 4. The molecular weight excluding hydrogens is 506 g/mol. The van der Waals surface area contributed by atoms with Gasteiger partial charge in [-0.3, -0.25) is 14.3 Å². The maximum atomic E-state index is 15.3. The van der Waals surface area contributed by atoms with E-state index >= 15 is 4.39 Å². The number of fused-ring (bicyclic) bond motifs is 2. The van der Waals surface area contributed by atoms with E-state index in [0.29, 0.717) is 11.4 Å². The van der Waals surface area contributed by atoms with Crippen molar-refractivity contribution in [1.82, 2.24) is 15.0 Å². The molecule has 4 aromatic rings. The van der Waals surface area contributed by atoms with Gasteiger partial charge in [0.2, 0.25) is 21.7 Å². The predicted molar refractivity (Wildman–Crippen MR) is 133 cm³/mol. The van der Waals surface area contributed by atoms with Crippen LogP contribution in [-0.4, -0.2) is 40.8 Å². The molecule has 190 valence electrons. The zero-order chi connectivity index (χ0) is 26.3. The normalized spacial score (nSPS) is 12.9. The second kappa shape index (κ2) is 9.24. The van der Waals surface area contributed by atoms with Crippen LogP contribution in [0.25, 0.3) is 11.0 Å². The molecule has 0 aliphatic carbocycles. The number of halogens is 2. The Labute approximate surface area is 209 Å². The van der Waals surface area contributed by atoms with Crippen LogP contribution < -0.4 is 15.4 Å². The highest BCUT2D eigenvalue weighted by Gasteiger charge is 2.27. The molecule has 1 aliphatic heterocycles. The largest absolute Gasteiger partial charge is 0.345 e. The fraction of sp³-hybridized carbons (Fsp3) is 0.167. The Morgan fingerprint density at radius 1 is 1.16 bits per heavy atom. The summed E-state index contributed by atoms with van der Waals surface area (Å²) in [6, 6.07) is 6.95. The molecule has 0 fully saturated rings. The van der Waals surface area contributed by atoms with Gasteiger partial charge in [-0.1, -0.05) is 13.0 Å². The highest BCUT2D eigenvalue weighted by Crippen LogP contribution is 2.33. The van der Waals surface area contributed by atoms with Gasteiger partial charge in [0, 0.05) is 17.6 Å². The van der Waals surface area contributed by atoms with Crippen molar-refractivity contribution >= 4 is 55.6 Å². The van der Waals surface area contributed by atoms with Crippen LogP contribution in [0.15, 0.2) is 42.9 Å². The first-order chi connectivity index (χ1) is 17.7. The maximum Gasteiger partial charge on any atom is 0.232 e. The molecule has 0 unspecified atom stereocenters. The lowest BCUT2D eigenvalue weighted by atomic mass is 10.0. The number of H-pyrrole nitrogens is 1. The molecule has 0 spiro atoms. The first kappa shape index (κ1) is 24.3. The van der Waals surface area contributed by atoms with Crippen LogP contribution in [0.4, 0.5) is 31.7 Å². The van der Waals surface area contributed by atoms with Gasteiger partial charge in [0.05, 0.1) is 34.4 Å². The molecule has 2 aromatic carbocycles. The Kier molecular flexibility index (Phi) is 6.07. The van der Waals surface area contributed by atoms with Crippen LogP contribution in [0.1, 0.15) is 34.8 Å². The van der Waals surface area contributed by atoms with E-state index in [1.54, 1.807) is 25.1 Å². The van der Waals surface area contributed by atoms with Crippen LogP contribution in [0, 0.1) is 11.6 Å². The van der Waals surface area contributed by atoms with Crippen molar-refractivity contribution in [2.45, 2.75) is 19.8 Å². The smallest absolute Gasteiger partial charge is 0.232 e. The van der Waals surface area contributed by atoms with Gasteiger partial charge in [-0.2, -0.15) is 0 Å². The number of nitrogens with one attached hydrogen (secondary N) is 4. The molecule has 1 amide bonds. The summed E-state index contributed by atoms with van der Waals surface area (Å²) in [5.41, 5.74) is 0.666. The summed E-state index contributed by atoms with van der Waals surface area (Å²) < 4.78 is 56.3. The SMILES string of the molecule is CCCS(=O)(=O)Nc1ccc(F)c(C(=O)c2c[nH]c3ncnc(Nc4ccc5c(c4)NC(=O)C5)c23)c1F. The Morgan fingerprint density at radius 3 is 2.76 bits per heavy atom. The van der Waals surface area contributed by atoms with Crippen molar-refractivity contribution in [3.05, 3.63) is 71.2 Å². The molecule has 13 heteroatoms. The van der Waals surface area contributed by atoms with Gasteiger partial charge in [0.25, 0.3) is 0 Å². The number of ketones is 1. The average Bonchev–Trinajstić information content (AvgIpc) is 3.44. The van der Waals surface area contributed by atoms with Gasteiger partial charge in [-0.05, 0) is 36.2 Å². The molecular formula is C24H20F2N6O4S. The minimum atomic E-state index is -3.89. The number of aromatic nitrogens is 3. The van der Waals surface area contributed by atoms with Crippen molar-refractivity contribution in [3.63, 3.8) is 0 Å². The molecule has 0 saturated heterocycles. The van der Waals surface area contributed by atoms with Crippen molar-refractivity contribution in [2.75, 3.05) is 21.1 Å². The zero-order valence-corrected chi connectivity index (χ0v) is 20.2. The Bertz CT molecular complexity index is 1690. The fourth-order valence-electron chi connectivity index (χ4n) is 4.13. The van der Waals surface area contributed by atoms with Gasteiger partial charge in [0.15, 0.2) is 5.82 Å². The number of nitrogens with zero attached hydrogens (tertiary/aromatic N) is 2. The first-order valence-electron chi connectivity index (χ1n) is 11.2. The highest BCUT2D eigenvalue weighted by atomic mass is 32.2. The average molecular weight is 527 g/mol. The van der Waals surface area contributed by atoms with Crippen molar-refractivity contribution in [1.29, 1.82) is 0 Å². The molecule has 4 N–H and O–H groups in total. The molecule has 37 heavy (non-hydrogen) atoms. The third kappa shape index (κ3) is 4.60. The van der Waals surface area contributed by atoms with Gasteiger partial charge >= 0.3 is 0 Å². The maximum absolute atomic E-state index is 15.3. The summed E-state index contributed by atoms with van der Waals surface area (Å²) in [7, 11) is -3.89. The third-order valence-electron chi connectivity index (χ3n) is 5.77. The molecule has 5 rings (SSSR count). The van der Waals surface area contributed by atoms with Crippen molar-refractivity contribution in [3.8, 4) is 0 Å². The summed E-state index contributed by atoms with van der Waals surface area (Å²) in [4.78, 5) is 36.1. The molecule has 0 saturated carbocycles. The number of carbonyl (C=O) groups is 2. The van der Waals surface area contributed by atoms with E-state index in [2.05, 4.69) is 30.3 Å².